The van der Waals surface area contributed by atoms with Crippen LogP contribution in [-0.2, 0) is 0 Å². The molecule has 0 saturated heterocycles. The van der Waals surface area contributed by atoms with Crippen molar-refractivity contribution >= 4 is 32.5 Å². The van der Waals surface area contributed by atoms with Crippen molar-refractivity contribution in [3.8, 4) is 22.1 Å². The van der Waals surface area contributed by atoms with Crippen molar-refractivity contribution in [2.24, 2.45) is 0 Å². The Morgan fingerprint density at radius 3 is 2.79 bits per heavy atom. The van der Waals surface area contributed by atoms with Gasteiger partial charge in [0.05, 0.1) is 35.4 Å². The maximum Gasteiger partial charge on any atom is 0.202 e. The molecule has 24 heavy (non-hydrogen) atoms. The number of aromatic nitrogens is 1. The zero-order valence-corrected chi connectivity index (χ0v) is 13.8. The highest BCUT2D eigenvalue weighted by molar-refractivity contribution is 7.22. The third kappa shape index (κ3) is 2.23. The van der Waals surface area contributed by atoms with Gasteiger partial charge in [-0.1, -0.05) is 6.07 Å². The first-order valence-electron chi connectivity index (χ1n) is 7.24. The summed E-state index contributed by atoms with van der Waals surface area (Å²) in [6.07, 6.45) is 1.45. The molecule has 2 heterocycles. The molecule has 0 radical (unpaired) electrons. The second kappa shape index (κ2) is 5.65. The van der Waals surface area contributed by atoms with Crippen molar-refractivity contribution in [1.29, 1.82) is 0 Å². The normalized spacial score (nSPS) is 11.1. The summed E-state index contributed by atoms with van der Waals surface area (Å²) in [5.74, 6) is 1.38. The van der Waals surface area contributed by atoms with Crippen LogP contribution in [0.25, 0.3) is 31.8 Å². The predicted octanol–water partition coefficient (Wildman–Crippen LogP) is 4.09. The van der Waals surface area contributed by atoms with Crippen LogP contribution in [0.3, 0.4) is 0 Å². The highest BCUT2D eigenvalue weighted by atomic mass is 32.1. The van der Waals surface area contributed by atoms with Gasteiger partial charge in [0.2, 0.25) is 5.43 Å². The fourth-order valence-corrected chi connectivity index (χ4v) is 3.64. The molecule has 0 spiro atoms. The maximum absolute atomic E-state index is 12.8. The van der Waals surface area contributed by atoms with Gasteiger partial charge in [0.1, 0.15) is 28.4 Å². The lowest BCUT2D eigenvalue weighted by atomic mass is 10.1. The summed E-state index contributed by atoms with van der Waals surface area (Å²) in [5.41, 5.74) is 1.61. The van der Waals surface area contributed by atoms with E-state index in [9.17, 15) is 4.79 Å². The highest BCUT2D eigenvalue weighted by Crippen LogP contribution is 2.35. The SMILES string of the molecule is COc1ccc2c(=O)c(-c3nc4cccc(OC)c4s3)coc2c1. The van der Waals surface area contributed by atoms with Crippen molar-refractivity contribution in [2.75, 3.05) is 14.2 Å². The summed E-state index contributed by atoms with van der Waals surface area (Å²) in [5, 5.41) is 1.11. The van der Waals surface area contributed by atoms with Crippen LogP contribution in [0.4, 0.5) is 0 Å². The molecule has 0 atom stereocenters. The van der Waals surface area contributed by atoms with Crippen molar-refractivity contribution in [1.82, 2.24) is 4.98 Å². The number of nitrogens with zero attached hydrogens (tertiary/aromatic N) is 1. The first-order valence-corrected chi connectivity index (χ1v) is 8.06. The van der Waals surface area contributed by atoms with Crippen LogP contribution < -0.4 is 14.9 Å². The lowest BCUT2D eigenvalue weighted by molar-refractivity contribution is 0.414. The summed E-state index contributed by atoms with van der Waals surface area (Å²) < 4.78 is 17.0. The predicted molar refractivity (Wildman–Crippen MR) is 94.2 cm³/mol. The highest BCUT2D eigenvalue weighted by Gasteiger charge is 2.15. The standard InChI is InChI=1S/C18H13NO4S/c1-21-10-6-7-11-15(8-10)23-9-12(16(11)20)18-19-13-4-3-5-14(22-2)17(13)24-18/h3-9H,1-2H3. The molecule has 0 bridgehead atoms. The fraction of sp³-hybridized carbons (Fsp3) is 0.111. The van der Waals surface area contributed by atoms with Gasteiger partial charge in [-0.3, -0.25) is 4.79 Å². The van der Waals surface area contributed by atoms with E-state index in [1.807, 2.05) is 18.2 Å². The van der Waals surface area contributed by atoms with Crippen molar-refractivity contribution < 1.29 is 13.9 Å². The number of thiazole rings is 1. The molecule has 5 nitrogen and oxygen atoms in total. The summed E-state index contributed by atoms with van der Waals surface area (Å²) in [6, 6.07) is 10.8. The molecule has 120 valence electrons. The van der Waals surface area contributed by atoms with Gasteiger partial charge in [-0.2, -0.15) is 0 Å². The molecule has 0 N–H and O–H groups in total. The minimum atomic E-state index is -0.114. The molecule has 0 aliphatic rings. The average molecular weight is 339 g/mol. The van der Waals surface area contributed by atoms with Crippen molar-refractivity contribution in [3.05, 3.63) is 52.9 Å². The van der Waals surface area contributed by atoms with E-state index in [-0.39, 0.29) is 5.43 Å². The molecule has 0 aliphatic heterocycles. The van der Waals surface area contributed by atoms with Crippen LogP contribution in [0.2, 0.25) is 0 Å². The molecule has 0 amide bonds. The smallest absolute Gasteiger partial charge is 0.202 e. The Morgan fingerprint density at radius 2 is 2.00 bits per heavy atom. The lowest BCUT2D eigenvalue weighted by Gasteiger charge is -2.02. The van der Waals surface area contributed by atoms with Gasteiger partial charge >= 0.3 is 0 Å². The van der Waals surface area contributed by atoms with Gasteiger partial charge < -0.3 is 13.9 Å². The second-order valence-electron chi connectivity index (χ2n) is 5.17. The van der Waals surface area contributed by atoms with Crippen LogP contribution in [0.15, 0.2) is 51.9 Å². The van der Waals surface area contributed by atoms with Crippen LogP contribution >= 0.6 is 11.3 Å². The topological polar surface area (TPSA) is 61.6 Å². The van der Waals surface area contributed by atoms with Gasteiger partial charge in [0.25, 0.3) is 0 Å². The monoisotopic (exact) mass is 339 g/mol. The van der Waals surface area contributed by atoms with Gasteiger partial charge in [-0.15, -0.1) is 11.3 Å². The fourth-order valence-electron chi connectivity index (χ4n) is 2.58. The van der Waals surface area contributed by atoms with E-state index < -0.39 is 0 Å². The number of hydrogen-bond acceptors (Lipinski definition) is 6. The Balaban J connectivity index is 1.93. The summed E-state index contributed by atoms with van der Waals surface area (Å²) in [7, 11) is 3.19. The number of methoxy groups -OCH3 is 2. The molecule has 2 aromatic heterocycles. The average Bonchev–Trinajstić information content (AvgIpc) is 3.05. The van der Waals surface area contributed by atoms with Gasteiger partial charge in [0, 0.05) is 6.07 Å². The molecule has 0 fully saturated rings. The zero-order chi connectivity index (χ0) is 16.7. The third-order valence-corrected chi connectivity index (χ3v) is 4.93. The van der Waals surface area contributed by atoms with Crippen LogP contribution in [0.5, 0.6) is 11.5 Å². The molecule has 0 aliphatic carbocycles. The quantitative estimate of drug-likeness (QED) is 0.563. The Morgan fingerprint density at radius 1 is 1.12 bits per heavy atom. The van der Waals surface area contributed by atoms with E-state index in [1.165, 1.54) is 17.6 Å². The van der Waals surface area contributed by atoms with Gasteiger partial charge in [-0.05, 0) is 24.3 Å². The number of rotatable bonds is 3. The van der Waals surface area contributed by atoms with Crippen LogP contribution in [-0.4, -0.2) is 19.2 Å². The third-order valence-electron chi connectivity index (χ3n) is 3.81. The maximum atomic E-state index is 12.8. The Labute approximate surface area is 141 Å². The Bertz CT molecular complexity index is 1110. The first-order chi connectivity index (χ1) is 11.7. The first kappa shape index (κ1) is 14.7. The Hall–Kier alpha value is -2.86. The molecule has 0 saturated carbocycles. The summed E-state index contributed by atoms with van der Waals surface area (Å²) in [6.45, 7) is 0. The number of ether oxygens (including phenoxy) is 2. The molecule has 0 unspecified atom stereocenters. The molecule has 2 aromatic carbocycles. The molecule has 4 aromatic rings. The van der Waals surface area contributed by atoms with E-state index in [0.717, 1.165) is 16.0 Å². The number of benzene rings is 2. The van der Waals surface area contributed by atoms with E-state index >= 15 is 0 Å². The van der Waals surface area contributed by atoms with Crippen molar-refractivity contribution in [3.63, 3.8) is 0 Å². The number of hydrogen-bond donors (Lipinski definition) is 0. The zero-order valence-electron chi connectivity index (χ0n) is 13.0. The Kier molecular flexibility index (Phi) is 3.46. The van der Waals surface area contributed by atoms with E-state index in [4.69, 9.17) is 13.9 Å². The molecule has 4 rings (SSSR count). The molecular formula is C18H13NO4S. The second-order valence-corrected chi connectivity index (χ2v) is 6.17. The van der Waals surface area contributed by atoms with Gasteiger partial charge in [-0.25, -0.2) is 4.98 Å². The molecular weight excluding hydrogens is 326 g/mol. The van der Waals surface area contributed by atoms with E-state index in [2.05, 4.69) is 4.98 Å². The van der Waals surface area contributed by atoms with E-state index in [0.29, 0.717) is 27.3 Å². The summed E-state index contributed by atoms with van der Waals surface area (Å²) in [4.78, 5) is 17.3. The van der Waals surface area contributed by atoms with Crippen molar-refractivity contribution in [2.45, 2.75) is 0 Å². The van der Waals surface area contributed by atoms with Crippen LogP contribution in [0.1, 0.15) is 0 Å². The minimum absolute atomic E-state index is 0.114. The van der Waals surface area contributed by atoms with Crippen LogP contribution in [0, 0.1) is 0 Å². The van der Waals surface area contributed by atoms with Gasteiger partial charge in [0.15, 0.2) is 0 Å². The number of fused-ring (bicyclic) bond motifs is 2. The lowest BCUT2D eigenvalue weighted by Crippen LogP contribution is -2.04. The van der Waals surface area contributed by atoms with E-state index in [1.54, 1.807) is 32.4 Å². The molecule has 6 heteroatoms. The summed E-state index contributed by atoms with van der Waals surface area (Å²) >= 11 is 1.41. The largest absolute Gasteiger partial charge is 0.497 e. The minimum Gasteiger partial charge on any atom is -0.497 e.